The highest BCUT2D eigenvalue weighted by molar-refractivity contribution is 7.14. The van der Waals surface area contributed by atoms with Gasteiger partial charge in [0.15, 0.2) is 10.9 Å². The summed E-state index contributed by atoms with van der Waals surface area (Å²) in [5.41, 5.74) is 3.77. The van der Waals surface area contributed by atoms with Gasteiger partial charge < -0.3 is 4.42 Å². The van der Waals surface area contributed by atoms with Crippen molar-refractivity contribution in [2.24, 2.45) is 0 Å². The molecule has 0 radical (unpaired) electrons. The maximum Gasteiger partial charge on any atom is 0.293 e. The van der Waals surface area contributed by atoms with E-state index in [4.69, 9.17) is 4.42 Å². The molecule has 0 atom stereocenters. The third-order valence-electron chi connectivity index (χ3n) is 3.72. The molecule has 0 aliphatic heterocycles. The van der Waals surface area contributed by atoms with Gasteiger partial charge in [0.25, 0.3) is 5.91 Å². The van der Waals surface area contributed by atoms with Gasteiger partial charge in [-0.2, -0.15) is 0 Å². The lowest BCUT2D eigenvalue weighted by Gasteiger charge is -1.98. The Morgan fingerprint density at radius 2 is 1.92 bits per heavy atom. The van der Waals surface area contributed by atoms with Crippen LogP contribution in [0.5, 0.6) is 0 Å². The number of para-hydroxylation sites is 1. The van der Waals surface area contributed by atoms with Crippen LogP contribution < -0.4 is 5.32 Å². The molecule has 4 rings (SSSR count). The van der Waals surface area contributed by atoms with Gasteiger partial charge in [0.05, 0.1) is 5.69 Å². The molecule has 2 aromatic carbocycles. The molecule has 4 nitrogen and oxygen atoms in total. The second-order valence-electron chi connectivity index (χ2n) is 5.51. The molecule has 0 bridgehead atoms. The summed E-state index contributed by atoms with van der Waals surface area (Å²) in [6, 6.07) is 17.4. The van der Waals surface area contributed by atoms with Crippen molar-refractivity contribution < 1.29 is 9.21 Å². The first-order valence-corrected chi connectivity index (χ1v) is 8.39. The zero-order valence-corrected chi connectivity index (χ0v) is 13.8. The SMILES string of the molecule is Cc1ccc(-c2csc(NC(=O)c3cc4ccccc4o3)n2)cc1. The van der Waals surface area contributed by atoms with Crippen LogP contribution in [0.4, 0.5) is 5.13 Å². The zero-order chi connectivity index (χ0) is 16.5. The maximum atomic E-state index is 12.3. The Bertz CT molecular complexity index is 982. The van der Waals surface area contributed by atoms with Gasteiger partial charge in [-0.25, -0.2) is 4.98 Å². The van der Waals surface area contributed by atoms with Crippen LogP contribution >= 0.6 is 11.3 Å². The van der Waals surface area contributed by atoms with Crippen LogP contribution in [0.1, 0.15) is 16.1 Å². The van der Waals surface area contributed by atoms with Crippen LogP contribution in [-0.4, -0.2) is 10.9 Å². The minimum absolute atomic E-state index is 0.281. The number of furan rings is 1. The molecule has 4 aromatic rings. The smallest absolute Gasteiger partial charge is 0.293 e. The summed E-state index contributed by atoms with van der Waals surface area (Å²) in [5.74, 6) is -0.0145. The highest BCUT2D eigenvalue weighted by Gasteiger charge is 2.14. The molecule has 2 heterocycles. The van der Waals surface area contributed by atoms with Crippen molar-refractivity contribution in [1.29, 1.82) is 0 Å². The van der Waals surface area contributed by atoms with Gasteiger partial charge in [0.1, 0.15) is 5.58 Å². The van der Waals surface area contributed by atoms with Gasteiger partial charge >= 0.3 is 0 Å². The Morgan fingerprint density at radius 1 is 1.12 bits per heavy atom. The number of carbonyl (C=O) groups is 1. The van der Waals surface area contributed by atoms with E-state index in [-0.39, 0.29) is 11.7 Å². The quantitative estimate of drug-likeness (QED) is 0.566. The molecule has 0 spiro atoms. The van der Waals surface area contributed by atoms with E-state index in [0.29, 0.717) is 10.7 Å². The highest BCUT2D eigenvalue weighted by atomic mass is 32.1. The van der Waals surface area contributed by atoms with Crippen LogP contribution in [0.2, 0.25) is 0 Å². The standard InChI is InChI=1S/C19H14N2O2S/c1-12-6-8-13(9-7-12)15-11-24-19(20-15)21-18(22)17-10-14-4-2-3-5-16(14)23-17/h2-11H,1H3,(H,20,21,22). The molecular formula is C19H14N2O2S. The zero-order valence-electron chi connectivity index (χ0n) is 12.9. The van der Waals surface area contributed by atoms with Crippen molar-refractivity contribution in [1.82, 2.24) is 4.98 Å². The maximum absolute atomic E-state index is 12.3. The number of hydrogen-bond donors (Lipinski definition) is 1. The number of amides is 1. The van der Waals surface area contributed by atoms with Crippen LogP contribution in [0.3, 0.4) is 0 Å². The molecule has 5 heteroatoms. The van der Waals surface area contributed by atoms with E-state index in [0.717, 1.165) is 16.6 Å². The van der Waals surface area contributed by atoms with Crippen LogP contribution in [0, 0.1) is 6.92 Å². The topological polar surface area (TPSA) is 55.1 Å². The van der Waals surface area contributed by atoms with Crippen LogP contribution in [0.15, 0.2) is 64.4 Å². The lowest BCUT2D eigenvalue weighted by atomic mass is 10.1. The fourth-order valence-electron chi connectivity index (χ4n) is 2.44. The summed E-state index contributed by atoms with van der Waals surface area (Å²) < 4.78 is 5.57. The molecule has 24 heavy (non-hydrogen) atoms. The monoisotopic (exact) mass is 334 g/mol. The number of aromatic nitrogens is 1. The van der Waals surface area contributed by atoms with Gasteiger partial charge in [-0.15, -0.1) is 11.3 Å². The third-order valence-corrected chi connectivity index (χ3v) is 4.48. The number of nitrogens with one attached hydrogen (secondary N) is 1. The molecule has 0 aliphatic carbocycles. The molecule has 0 unspecified atom stereocenters. The minimum atomic E-state index is -0.295. The molecule has 1 N–H and O–H groups in total. The molecule has 2 aromatic heterocycles. The first-order valence-electron chi connectivity index (χ1n) is 7.51. The van der Waals surface area contributed by atoms with E-state index in [1.165, 1.54) is 16.9 Å². The van der Waals surface area contributed by atoms with Crippen molar-refractivity contribution >= 4 is 33.3 Å². The molecular weight excluding hydrogens is 320 g/mol. The first-order chi connectivity index (χ1) is 11.7. The first kappa shape index (κ1) is 14.7. The van der Waals surface area contributed by atoms with Gasteiger partial charge in [-0.1, -0.05) is 48.0 Å². The molecule has 0 saturated carbocycles. The number of fused-ring (bicyclic) bond motifs is 1. The number of thiazole rings is 1. The Hall–Kier alpha value is -2.92. The Kier molecular flexibility index (Phi) is 3.63. The summed E-state index contributed by atoms with van der Waals surface area (Å²) in [6.07, 6.45) is 0. The number of carbonyl (C=O) groups excluding carboxylic acids is 1. The molecule has 0 aliphatic rings. The van der Waals surface area contributed by atoms with Crippen molar-refractivity contribution in [3.63, 3.8) is 0 Å². The third kappa shape index (κ3) is 2.81. The van der Waals surface area contributed by atoms with E-state index in [9.17, 15) is 4.79 Å². The summed E-state index contributed by atoms with van der Waals surface area (Å²) in [7, 11) is 0. The summed E-state index contributed by atoms with van der Waals surface area (Å²) in [6.45, 7) is 2.05. The van der Waals surface area contributed by atoms with Gasteiger partial charge in [0, 0.05) is 16.3 Å². The van der Waals surface area contributed by atoms with Crippen molar-refractivity contribution in [3.05, 3.63) is 71.3 Å². The molecule has 0 saturated heterocycles. The average Bonchev–Trinajstić information content (AvgIpc) is 3.22. The molecule has 1 amide bonds. The van der Waals surface area contributed by atoms with Crippen LogP contribution in [-0.2, 0) is 0 Å². The number of nitrogens with zero attached hydrogens (tertiary/aromatic N) is 1. The van der Waals surface area contributed by atoms with E-state index < -0.39 is 0 Å². The van der Waals surface area contributed by atoms with Gasteiger partial charge in [0.2, 0.25) is 0 Å². The second-order valence-corrected chi connectivity index (χ2v) is 6.36. The largest absolute Gasteiger partial charge is 0.451 e. The Morgan fingerprint density at radius 3 is 2.71 bits per heavy atom. The average molecular weight is 334 g/mol. The highest BCUT2D eigenvalue weighted by Crippen LogP contribution is 2.26. The summed E-state index contributed by atoms with van der Waals surface area (Å²) in [5, 5.41) is 6.18. The lowest BCUT2D eigenvalue weighted by molar-refractivity contribution is 0.0998. The van der Waals surface area contributed by atoms with E-state index in [2.05, 4.69) is 10.3 Å². The van der Waals surface area contributed by atoms with Crippen molar-refractivity contribution in [2.45, 2.75) is 6.92 Å². The number of benzene rings is 2. The molecule has 0 fully saturated rings. The van der Waals surface area contributed by atoms with Gasteiger partial charge in [-0.3, -0.25) is 10.1 Å². The normalized spacial score (nSPS) is 10.9. The predicted molar refractivity (Wildman–Crippen MR) is 96.5 cm³/mol. The van der Waals surface area contributed by atoms with Crippen LogP contribution in [0.25, 0.3) is 22.2 Å². The van der Waals surface area contributed by atoms with E-state index in [1.54, 1.807) is 6.07 Å². The van der Waals surface area contributed by atoms with E-state index >= 15 is 0 Å². The predicted octanol–water partition coefficient (Wildman–Crippen LogP) is 5.12. The fourth-order valence-corrected chi connectivity index (χ4v) is 3.16. The number of anilines is 1. The number of rotatable bonds is 3. The minimum Gasteiger partial charge on any atom is -0.451 e. The Balaban J connectivity index is 1.54. The van der Waals surface area contributed by atoms with E-state index in [1.807, 2.05) is 60.8 Å². The second kappa shape index (κ2) is 5.94. The molecule has 118 valence electrons. The van der Waals surface area contributed by atoms with Crippen molar-refractivity contribution in [2.75, 3.05) is 5.32 Å². The summed E-state index contributed by atoms with van der Waals surface area (Å²) >= 11 is 1.39. The van der Waals surface area contributed by atoms with Gasteiger partial charge in [-0.05, 0) is 19.1 Å². The Labute approximate surface area is 142 Å². The summed E-state index contributed by atoms with van der Waals surface area (Å²) in [4.78, 5) is 16.8. The number of hydrogen-bond acceptors (Lipinski definition) is 4. The lowest BCUT2D eigenvalue weighted by Crippen LogP contribution is -2.10. The fraction of sp³-hybridized carbons (Fsp3) is 0.0526. The number of aryl methyl sites for hydroxylation is 1. The van der Waals surface area contributed by atoms with Crippen molar-refractivity contribution in [3.8, 4) is 11.3 Å².